The average molecular weight is 293 g/mol. The standard InChI is InChI=1S/C12H14ClFO3S/c1-18(16,17)7-3-5-10(15)8-9-4-2-6-11(13)12(9)14/h2,4,6H,3,5,7-8H2,1H3. The van der Waals surface area contributed by atoms with Crippen molar-refractivity contribution in [3.63, 3.8) is 0 Å². The zero-order chi connectivity index (χ0) is 13.8. The second-order valence-corrected chi connectivity index (χ2v) is 6.83. The maximum atomic E-state index is 13.5. The van der Waals surface area contributed by atoms with Crippen LogP contribution in [0.2, 0.25) is 5.02 Å². The Kier molecular flexibility index (Phi) is 5.28. The molecule has 0 fully saturated rings. The molecule has 0 saturated heterocycles. The van der Waals surface area contributed by atoms with E-state index < -0.39 is 15.7 Å². The highest BCUT2D eigenvalue weighted by molar-refractivity contribution is 7.90. The van der Waals surface area contributed by atoms with Crippen LogP contribution in [0.3, 0.4) is 0 Å². The van der Waals surface area contributed by atoms with Crippen molar-refractivity contribution in [3.8, 4) is 0 Å². The molecule has 0 saturated carbocycles. The summed E-state index contributed by atoms with van der Waals surface area (Å²) in [5.74, 6) is -0.813. The van der Waals surface area contributed by atoms with Crippen molar-refractivity contribution < 1.29 is 17.6 Å². The Bertz CT molecular complexity index is 540. The van der Waals surface area contributed by atoms with Crippen LogP contribution in [0.1, 0.15) is 18.4 Å². The van der Waals surface area contributed by atoms with Crippen molar-refractivity contribution in [3.05, 3.63) is 34.6 Å². The number of carbonyl (C=O) groups excluding carboxylic acids is 1. The molecule has 100 valence electrons. The first kappa shape index (κ1) is 15.1. The second-order valence-electron chi connectivity index (χ2n) is 4.16. The summed E-state index contributed by atoms with van der Waals surface area (Å²) in [5, 5.41) is -0.0172. The quantitative estimate of drug-likeness (QED) is 0.809. The zero-order valence-electron chi connectivity index (χ0n) is 9.95. The Morgan fingerprint density at radius 2 is 2.06 bits per heavy atom. The lowest BCUT2D eigenvalue weighted by atomic mass is 10.1. The SMILES string of the molecule is CS(=O)(=O)CCCC(=O)Cc1cccc(Cl)c1F. The Hall–Kier alpha value is -0.940. The van der Waals surface area contributed by atoms with E-state index in [2.05, 4.69) is 0 Å². The van der Waals surface area contributed by atoms with E-state index in [-0.39, 0.29) is 41.4 Å². The highest BCUT2D eigenvalue weighted by Crippen LogP contribution is 2.18. The molecule has 1 rings (SSSR count). The molecule has 0 spiro atoms. The smallest absolute Gasteiger partial charge is 0.147 e. The summed E-state index contributed by atoms with van der Waals surface area (Å²) in [4.78, 5) is 11.6. The molecule has 0 amide bonds. The molecule has 0 aliphatic carbocycles. The van der Waals surface area contributed by atoms with Crippen molar-refractivity contribution in [1.82, 2.24) is 0 Å². The first-order chi connectivity index (χ1) is 8.29. The van der Waals surface area contributed by atoms with Gasteiger partial charge in [-0.15, -0.1) is 0 Å². The van der Waals surface area contributed by atoms with E-state index >= 15 is 0 Å². The Morgan fingerprint density at radius 3 is 2.67 bits per heavy atom. The van der Waals surface area contributed by atoms with E-state index in [0.717, 1.165) is 6.26 Å². The van der Waals surface area contributed by atoms with Crippen molar-refractivity contribution in [2.24, 2.45) is 0 Å². The van der Waals surface area contributed by atoms with Crippen LogP contribution in [0.25, 0.3) is 0 Å². The van der Waals surface area contributed by atoms with E-state index in [9.17, 15) is 17.6 Å². The summed E-state index contributed by atoms with van der Waals surface area (Å²) in [6.07, 6.45) is 1.45. The molecule has 18 heavy (non-hydrogen) atoms. The molecule has 1 aromatic carbocycles. The molecule has 0 atom stereocenters. The van der Waals surface area contributed by atoms with Crippen LogP contribution in [0.15, 0.2) is 18.2 Å². The van der Waals surface area contributed by atoms with Gasteiger partial charge >= 0.3 is 0 Å². The van der Waals surface area contributed by atoms with Gasteiger partial charge < -0.3 is 0 Å². The lowest BCUT2D eigenvalue weighted by Crippen LogP contribution is -2.09. The van der Waals surface area contributed by atoms with Gasteiger partial charge in [0.2, 0.25) is 0 Å². The van der Waals surface area contributed by atoms with Crippen LogP contribution < -0.4 is 0 Å². The Labute approximate surface area is 111 Å². The maximum Gasteiger partial charge on any atom is 0.147 e. The summed E-state index contributed by atoms with van der Waals surface area (Å²) in [5.41, 5.74) is 0.242. The first-order valence-corrected chi connectivity index (χ1v) is 7.86. The predicted octanol–water partition coefficient (Wildman–Crippen LogP) is 2.42. The molecule has 1 aromatic rings. The lowest BCUT2D eigenvalue weighted by molar-refractivity contribution is -0.118. The third kappa shape index (κ3) is 5.14. The number of rotatable bonds is 6. The molecule has 0 N–H and O–H groups in total. The average Bonchev–Trinajstić information content (AvgIpc) is 2.23. The van der Waals surface area contributed by atoms with Crippen molar-refractivity contribution in [1.29, 1.82) is 0 Å². The van der Waals surface area contributed by atoms with Crippen LogP contribution in [0.4, 0.5) is 4.39 Å². The summed E-state index contributed by atoms with van der Waals surface area (Å²) < 4.78 is 35.3. The Balaban J connectivity index is 2.53. The topological polar surface area (TPSA) is 51.2 Å². The molecule has 6 heteroatoms. The minimum Gasteiger partial charge on any atom is -0.299 e. The van der Waals surface area contributed by atoms with E-state index in [1.165, 1.54) is 12.1 Å². The van der Waals surface area contributed by atoms with Crippen molar-refractivity contribution in [2.45, 2.75) is 19.3 Å². The number of hydrogen-bond acceptors (Lipinski definition) is 3. The summed E-state index contributed by atoms with van der Waals surface area (Å²) in [6.45, 7) is 0. The normalized spacial score (nSPS) is 11.5. The van der Waals surface area contributed by atoms with Crippen LogP contribution in [0.5, 0.6) is 0 Å². The number of halogens is 2. The molecule has 0 bridgehead atoms. The third-order valence-corrected chi connectivity index (χ3v) is 3.71. The summed E-state index contributed by atoms with van der Waals surface area (Å²) in [6, 6.07) is 4.48. The number of Topliss-reactive ketones (excluding diaryl/α,β-unsaturated/α-hetero) is 1. The van der Waals surface area contributed by atoms with Gasteiger partial charge in [0.05, 0.1) is 10.8 Å². The molecule has 0 unspecified atom stereocenters. The number of sulfone groups is 1. The van der Waals surface area contributed by atoms with E-state index in [1.54, 1.807) is 6.07 Å². The number of ketones is 1. The molecule has 0 aromatic heterocycles. The minimum absolute atomic E-state index is 0.0172. The van der Waals surface area contributed by atoms with Crippen LogP contribution in [-0.4, -0.2) is 26.2 Å². The largest absolute Gasteiger partial charge is 0.299 e. The van der Waals surface area contributed by atoms with Gasteiger partial charge in [0.1, 0.15) is 21.4 Å². The van der Waals surface area contributed by atoms with Gasteiger partial charge in [-0.3, -0.25) is 4.79 Å². The van der Waals surface area contributed by atoms with Crippen LogP contribution in [0, 0.1) is 5.82 Å². The molecule has 0 radical (unpaired) electrons. The second kappa shape index (κ2) is 6.29. The molecule has 3 nitrogen and oxygen atoms in total. The molecular formula is C12H14ClFO3S. The van der Waals surface area contributed by atoms with E-state index in [4.69, 9.17) is 11.6 Å². The first-order valence-electron chi connectivity index (χ1n) is 5.42. The number of hydrogen-bond donors (Lipinski definition) is 0. The Morgan fingerprint density at radius 1 is 1.39 bits per heavy atom. The third-order valence-electron chi connectivity index (χ3n) is 2.39. The molecular weight excluding hydrogens is 279 g/mol. The maximum absolute atomic E-state index is 13.5. The molecule has 0 heterocycles. The highest BCUT2D eigenvalue weighted by Gasteiger charge is 2.11. The number of benzene rings is 1. The predicted molar refractivity (Wildman–Crippen MR) is 69.1 cm³/mol. The van der Waals surface area contributed by atoms with Gasteiger partial charge in [0, 0.05) is 19.1 Å². The fourth-order valence-electron chi connectivity index (χ4n) is 1.52. The van der Waals surface area contributed by atoms with Gasteiger partial charge in [0.25, 0.3) is 0 Å². The van der Waals surface area contributed by atoms with Crippen molar-refractivity contribution >= 4 is 27.2 Å². The highest BCUT2D eigenvalue weighted by atomic mass is 35.5. The summed E-state index contributed by atoms with van der Waals surface area (Å²) in [7, 11) is -3.05. The van der Waals surface area contributed by atoms with Crippen LogP contribution in [-0.2, 0) is 21.1 Å². The van der Waals surface area contributed by atoms with Gasteiger partial charge in [-0.05, 0) is 18.1 Å². The van der Waals surface area contributed by atoms with Gasteiger partial charge in [-0.1, -0.05) is 23.7 Å². The molecule has 0 aliphatic heterocycles. The zero-order valence-corrected chi connectivity index (χ0v) is 11.5. The fraction of sp³-hybridized carbons (Fsp3) is 0.417. The van der Waals surface area contributed by atoms with E-state index in [0.29, 0.717) is 0 Å². The summed E-state index contributed by atoms with van der Waals surface area (Å²) >= 11 is 5.60. The van der Waals surface area contributed by atoms with Gasteiger partial charge in [0.15, 0.2) is 0 Å². The minimum atomic E-state index is -3.05. The fourth-order valence-corrected chi connectivity index (χ4v) is 2.38. The van der Waals surface area contributed by atoms with Gasteiger partial charge in [-0.25, -0.2) is 12.8 Å². The van der Waals surface area contributed by atoms with Gasteiger partial charge in [-0.2, -0.15) is 0 Å². The van der Waals surface area contributed by atoms with E-state index in [1.807, 2.05) is 0 Å². The van der Waals surface area contributed by atoms with Crippen LogP contribution >= 0.6 is 11.6 Å². The lowest BCUT2D eigenvalue weighted by Gasteiger charge is -2.04. The monoisotopic (exact) mass is 292 g/mol. The number of carbonyl (C=O) groups is 1. The molecule has 0 aliphatic rings. The van der Waals surface area contributed by atoms with Crippen molar-refractivity contribution in [2.75, 3.05) is 12.0 Å².